The van der Waals surface area contributed by atoms with Gasteiger partial charge in [-0.25, -0.2) is 0 Å². The molecule has 86 valence electrons. The van der Waals surface area contributed by atoms with Crippen LogP contribution in [0.2, 0.25) is 0 Å². The summed E-state index contributed by atoms with van der Waals surface area (Å²) in [6, 6.07) is 0. The molecule has 0 aromatic carbocycles. The molecule has 0 aromatic heterocycles. The molecule has 0 spiro atoms. The summed E-state index contributed by atoms with van der Waals surface area (Å²) in [6.45, 7) is 2.01. The summed E-state index contributed by atoms with van der Waals surface area (Å²) in [7, 11) is 0. The number of ether oxygens (including phenoxy) is 2. The number of hydrogen-bond donors (Lipinski definition) is 3. The van der Waals surface area contributed by atoms with Crippen LogP contribution in [-0.4, -0.2) is 60.9 Å². The van der Waals surface area contributed by atoms with Crippen molar-refractivity contribution in [3.8, 4) is 0 Å². The van der Waals surface area contributed by atoms with Crippen LogP contribution >= 0.6 is 0 Å². The lowest BCUT2D eigenvalue weighted by atomic mass is 10.7. The quantitative estimate of drug-likeness (QED) is 0.366. The maximum atomic E-state index is 9.87. The monoisotopic (exact) mass is 210 g/mol. The Kier molecular flexibility index (Phi) is 16.7. The van der Waals surface area contributed by atoms with Crippen LogP contribution in [0.25, 0.3) is 0 Å². The molecule has 0 rings (SSSR count). The van der Waals surface area contributed by atoms with E-state index in [1.165, 1.54) is 6.92 Å². The third kappa shape index (κ3) is 22.5. The van der Waals surface area contributed by atoms with E-state index in [1.807, 2.05) is 0 Å². The Labute approximate surface area is 83.1 Å². The fourth-order valence-electron chi connectivity index (χ4n) is 0.421. The summed E-state index contributed by atoms with van der Waals surface area (Å²) in [5, 5.41) is 24.2. The highest BCUT2D eigenvalue weighted by atomic mass is 16.5. The molecule has 0 unspecified atom stereocenters. The van der Waals surface area contributed by atoms with Gasteiger partial charge in [-0.05, 0) is 0 Å². The average Bonchev–Trinajstić information content (AvgIpc) is 2.16. The number of hydrogen-bond acceptors (Lipinski definition) is 6. The molecule has 3 N–H and O–H groups in total. The first kappa shape index (κ1) is 15.8. The average molecular weight is 210 g/mol. The minimum Gasteiger partial charge on any atom is -0.463 e. The number of esters is 1. The number of carbonyl (C=O) groups is 1. The van der Waals surface area contributed by atoms with Crippen molar-refractivity contribution in [1.29, 1.82) is 0 Å². The van der Waals surface area contributed by atoms with E-state index in [4.69, 9.17) is 15.3 Å². The Bertz CT molecular complexity index is 112. The van der Waals surface area contributed by atoms with Crippen molar-refractivity contribution in [2.45, 2.75) is 6.92 Å². The number of carbonyl (C=O) groups excluding carboxylic acids is 1. The Morgan fingerprint density at radius 1 is 1.00 bits per heavy atom. The van der Waals surface area contributed by atoms with Gasteiger partial charge in [0.25, 0.3) is 0 Å². The van der Waals surface area contributed by atoms with Gasteiger partial charge in [-0.3, -0.25) is 4.79 Å². The first-order valence-corrected chi connectivity index (χ1v) is 4.22. The van der Waals surface area contributed by atoms with E-state index in [-0.39, 0.29) is 32.4 Å². The van der Waals surface area contributed by atoms with E-state index in [1.54, 1.807) is 0 Å². The van der Waals surface area contributed by atoms with Gasteiger partial charge < -0.3 is 24.8 Å². The molecular formula is C8H18O6. The van der Waals surface area contributed by atoms with Gasteiger partial charge >= 0.3 is 5.97 Å². The Morgan fingerprint density at radius 3 is 1.64 bits per heavy atom. The maximum absolute atomic E-state index is 9.87. The highest BCUT2D eigenvalue weighted by molar-refractivity contribution is 5.65. The van der Waals surface area contributed by atoms with Gasteiger partial charge in [0.15, 0.2) is 0 Å². The van der Waals surface area contributed by atoms with E-state index in [0.29, 0.717) is 13.2 Å². The van der Waals surface area contributed by atoms with E-state index in [0.717, 1.165) is 0 Å². The zero-order chi connectivity index (χ0) is 11.2. The zero-order valence-corrected chi connectivity index (χ0v) is 8.31. The van der Waals surface area contributed by atoms with E-state index in [2.05, 4.69) is 9.47 Å². The van der Waals surface area contributed by atoms with Crippen LogP contribution in [0.5, 0.6) is 0 Å². The van der Waals surface area contributed by atoms with Crippen molar-refractivity contribution in [3.63, 3.8) is 0 Å². The third-order valence-electron chi connectivity index (χ3n) is 0.868. The van der Waals surface area contributed by atoms with Gasteiger partial charge in [0.1, 0.15) is 6.61 Å². The predicted molar refractivity (Wildman–Crippen MR) is 48.7 cm³/mol. The Hall–Kier alpha value is -0.690. The van der Waals surface area contributed by atoms with Gasteiger partial charge in [0.2, 0.25) is 0 Å². The second-order valence-electron chi connectivity index (χ2n) is 2.12. The topological polar surface area (TPSA) is 96.2 Å². The molecule has 0 atom stereocenters. The first-order valence-electron chi connectivity index (χ1n) is 4.22. The lowest BCUT2D eigenvalue weighted by Gasteiger charge is -1.94. The fourth-order valence-corrected chi connectivity index (χ4v) is 0.421. The smallest absolute Gasteiger partial charge is 0.302 e. The van der Waals surface area contributed by atoms with Crippen molar-refractivity contribution in [2.24, 2.45) is 0 Å². The highest BCUT2D eigenvalue weighted by Crippen LogP contribution is 1.71. The van der Waals surface area contributed by atoms with Crippen LogP contribution in [0, 0.1) is 0 Å². The maximum Gasteiger partial charge on any atom is 0.302 e. The molecular weight excluding hydrogens is 192 g/mol. The summed E-state index contributed by atoms with van der Waals surface area (Å²) < 4.78 is 8.93. The van der Waals surface area contributed by atoms with Gasteiger partial charge in [-0.15, -0.1) is 0 Å². The van der Waals surface area contributed by atoms with Gasteiger partial charge in [-0.1, -0.05) is 0 Å². The molecule has 0 saturated carbocycles. The fraction of sp³-hybridized carbons (Fsp3) is 0.875. The van der Waals surface area contributed by atoms with E-state index >= 15 is 0 Å². The molecule has 0 fully saturated rings. The molecule has 6 nitrogen and oxygen atoms in total. The molecule has 14 heavy (non-hydrogen) atoms. The summed E-state index contributed by atoms with van der Waals surface area (Å²) in [4.78, 5) is 9.87. The molecule has 0 heterocycles. The van der Waals surface area contributed by atoms with Gasteiger partial charge in [-0.2, -0.15) is 0 Å². The van der Waals surface area contributed by atoms with Crippen LogP contribution in [0.4, 0.5) is 0 Å². The zero-order valence-electron chi connectivity index (χ0n) is 8.31. The molecule has 0 saturated heterocycles. The predicted octanol–water partition coefficient (Wildman–Crippen LogP) is -1.47. The van der Waals surface area contributed by atoms with Crippen molar-refractivity contribution < 1.29 is 29.6 Å². The largest absolute Gasteiger partial charge is 0.463 e. The van der Waals surface area contributed by atoms with Gasteiger partial charge in [0, 0.05) is 6.92 Å². The standard InChI is InChI=1S/C4H8O3.C4H10O3/c1-4(6)7-3-2-5;5-1-3-7-4-2-6/h5H,2-3H2,1H3;5-6H,1-4H2. The second kappa shape index (κ2) is 14.8. The van der Waals surface area contributed by atoms with Crippen LogP contribution < -0.4 is 0 Å². The lowest BCUT2D eigenvalue weighted by molar-refractivity contribution is -0.141. The molecule has 0 aliphatic rings. The normalized spacial score (nSPS) is 8.86. The Morgan fingerprint density at radius 2 is 1.43 bits per heavy atom. The summed E-state index contributed by atoms with van der Waals surface area (Å²) in [6.07, 6.45) is 0. The van der Waals surface area contributed by atoms with Crippen LogP contribution in [0.1, 0.15) is 6.92 Å². The molecule has 0 aliphatic carbocycles. The first-order chi connectivity index (χ1) is 6.68. The molecule has 0 aromatic rings. The number of aliphatic hydroxyl groups is 3. The van der Waals surface area contributed by atoms with Gasteiger partial charge in [0.05, 0.1) is 33.0 Å². The number of aliphatic hydroxyl groups excluding tert-OH is 3. The van der Waals surface area contributed by atoms with E-state index in [9.17, 15) is 4.79 Å². The molecule has 6 heteroatoms. The van der Waals surface area contributed by atoms with Crippen LogP contribution in [-0.2, 0) is 14.3 Å². The Balaban J connectivity index is 0. The van der Waals surface area contributed by atoms with Crippen LogP contribution in [0.15, 0.2) is 0 Å². The van der Waals surface area contributed by atoms with Crippen molar-refractivity contribution in [3.05, 3.63) is 0 Å². The van der Waals surface area contributed by atoms with Crippen molar-refractivity contribution in [1.82, 2.24) is 0 Å². The SMILES string of the molecule is CC(=O)OCCO.OCCOCCO. The highest BCUT2D eigenvalue weighted by Gasteiger charge is 1.86. The summed E-state index contributed by atoms with van der Waals surface area (Å²) in [5.41, 5.74) is 0. The summed E-state index contributed by atoms with van der Waals surface area (Å²) in [5.74, 6) is -0.353. The third-order valence-corrected chi connectivity index (χ3v) is 0.868. The lowest BCUT2D eigenvalue weighted by Crippen LogP contribution is -2.03. The van der Waals surface area contributed by atoms with Crippen molar-refractivity contribution in [2.75, 3.05) is 39.6 Å². The molecule has 0 bridgehead atoms. The van der Waals surface area contributed by atoms with E-state index < -0.39 is 0 Å². The molecule has 0 amide bonds. The number of rotatable bonds is 6. The van der Waals surface area contributed by atoms with Crippen LogP contribution in [0.3, 0.4) is 0 Å². The second-order valence-corrected chi connectivity index (χ2v) is 2.12. The minimum absolute atomic E-state index is 0.0278. The molecule has 0 aliphatic heterocycles. The van der Waals surface area contributed by atoms with Crippen molar-refractivity contribution >= 4 is 5.97 Å². The molecule has 0 radical (unpaired) electrons. The minimum atomic E-state index is -0.353. The summed E-state index contributed by atoms with van der Waals surface area (Å²) >= 11 is 0.